The van der Waals surface area contributed by atoms with Crippen LogP contribution in [0.15, 0.2) is 36.5 Å². The summed E-state index contributed by atoms with van der Waals surface area (Å²) >= 11 is 0. The van der Waals surface area contributed by atoms with E-state index in [9.17, 15) is 4.39 Å². The first kappa shape index (κ1) is 13.7. The van der Waals surface area contributed by atoms with Crippen molar-refractivity contribution in [1.82, 2.24) is 4.98 Å². The Bertz CT molecular complexity index is 563. The van der Waals surface area contributed by atoms with Crippen LogP contribution in [-0.2, 0) is 6.42 Å². The number of nitrogens with zero attached hydrogens (tertiary/aromatic N) is 1. The average Bonchev–Trinajstić information content (AvgIpc) is 2.42. The minimum absolute atomic E-state index is 0.134. The van der Waals surface area contributed by atoms with Crippen LogP contribution >= 0.6 is 0 Å². The number of rotatable bonds is 4. The molecule has 0 bridgehead atoms. The molecule has 2 rings (SSSR count). The monoisotopic (exact) mass is 257 g/mol. The van der Waals surface area contributed by atoms with Gasteiger partial charge in [0.15, 0.2) is 0 Å². The van der Waals surface area contributed by atoms with Crippen molar-refractivity contribution < 1.29 is 4.39 Å². The maximum absolute atomic E-state index is 13.7. The molecule has 0 saturated carbocycles. The highest BCUT2D eigenvalue weighted by Crippen LogP contribution is 2.29. The molecule has 0 amide bonds. The minimum atomic E-state index is -0.134. The van der Waals surface area contributed by atoms with Gasteiger partial charge in [0, 0.05) is 17.8 Å². The van der Waals surface area contributed by atoms with Crippen LogP contribution in [0.5, 0.6) is 0 Å². The lowest BCUT2D eigenvalue weighted by molar-refractivity contribution is 0.613. The van der Waals surface area contributed by atoms with Crippen LogP contribution in [0.2, 0.25) is 0 Å². The number of hydrogen-bond donors (Lipinski definition) is 0. The molecular formula is C17H20FN. The summed E-state index contributed by atoms with van der Waals surface area (Å²) in [4.78, 5) is 4.47. The van der Waals surface area contributed by atoms with E-state index >= 15 is 0 Å². The maximum atomic E-state index is 13.7. The Labute approximate surface area is 114 Å². The van der Waals surface area contributed by atoms with Crippen LogP contribution in [-0.4, -0.2) is 4.98 Å². The topological polar surface area (TPSA) is 12.9 Å². The molecule has 0 radical (unpaired) electrons. The van der Waals surface area contributed by atoms with Gasteiger partial charge >= 0.3 is 0 Å². The third kappa shape index (κ3) is 2.83. The molecule has 1 heterocycles. The summed E-state index contributed by atoms with van der Waals surface area (Å²) in [6, 6.07) is 9.37. The molecule has 100 valence electrons. The first-order valence-electron chi connectivity index (χ1n) is 6.84. The second-order valence-electron chi connectivity index (χ2n) is 4.97. The van der Waals surface area contributed by atoms with E-state index in [1.165, 1.54) is 11.6 Å². The van der Waals surface area contributed by atoms with Gasteiger partial charge in [-0.05, 0) is 42.2 Å². The molecule has 1 aromatic heterocycles. The van der Waals surface area contributed by atoms with Gasteiger partial charge in [0.2, 0.25) is 0 Å². The van der Waals surface area contributed by atoms with Crippen molar-refractivity contribution in [2.75, 3.05) is 0 Å². The normalized spacial score (nSPS) is 12.4. The molecule has 19 heavy (non-hydrogen) atoms. The van der Waals surface area contributed by atoms with E-state index in [2.05, 4.69) is 24.9 Å². The van der Waals surface area contributed by atoms with Crippen LogP contribution in [0.1, 0.15) is 48.6 Å². The van der Waals surface area contributed by atoms with E-state index < -0.39 is 0 Å². The van der Waals surface area contributed by atoms with Crippen molar-refractivity contribution >= 4 is 0 Å². The fourth-order valence-corrected chi connectivity index (χ4v) is 2.55. The number of aromatic nitrogens is 1. The largest absolute Gasteiger partial charge is 0.261 e. The minimum Gasteiger partial charge on any atom is -0.261 e. The van der Waals surface area contributed by atoms with Gasteiger partial charge < -0.3 is 0 Å². The van der Waals surface area contributed by atoms with Crippen molar-refractivity contribution in [2.45, 2.75) is 39.5 Å². The molecule has 2 aromatic rings. The predicted octanol–water partition coefficient (Wildman–Crippen LogP) is 4.63. The molecule has 0 N–H and O–H groups in total. The molecule has 0 fully saturated rings. The first-order valence-corrected chi connectivity index (χ1v) is 6.84. The van der Waals surface area contributed by atoms with Gasteiger partial charge in [0.1, 0.15) is 5.82 Å². The van der Waals surface area contributed by atoms with Crippen molar-refractivity contribution in [3.8, 4) is 0 Å². The molecule has 0 aliphatic carbocycles. The second kappa shape index (κ2) is 5.96. The Hall–Kier alpha value is -1.70. The van der Waals surface area contributed by atoms with E-state index in [-0.39, 0.29) is 11.7 Å². The Balaban J connectivity index is 2.44. The summed E-state index contributed by atoms with van der Waals surface area (Å²) in [5.41, 5.74) is 4.12. The lowest BCUT2D eigenvalue weighted by Crippen LogP contribution is -2.05. The van der Waals surface area contributed by atoms with E-state index in [1.807, 2.05) is 25.3 Å². The Morgan fingerprint density at radius 2 is 1.89 bits per heavy atom. The quantitative estimate of drug-likeness (QED) is 0.778. The summed E-state index contributed by atoms with van der Waals surface area (Å²) in [6.45, 7) is 6.12. The zero-order chi connectivity index (χ0) is 13.8. The van der Waals surface area contributed by atoms with Crippen LogP contribution in [0, 0.1) is 12.7 Å². The smallest absolute Gasteiger partial charge is 0.126 e. The van der Waals surface area contributed by atoms with Gasteiger partial charge in [0.25, 0.3) is 0 Å². The van der Waals surface area contributed by atoms with Crippen LogP contribution in [0.3, 0.4) is 0 Å². The standard InChI is InChI=1S/C17H20FN/c1-4-7-17-15(9-6-11-19-17)12(2)14-8-5-10-16(18)13(14)3/h5-6,8-12H,4,7H2,1-3H3. The molecule has 2 heteroatoms. The highest BCUT2D eigenvalue weighted by atomic mass is 19.1. The third-order valence-corrected chi connectivity index (χ3v) is 3.65. The lowest BCUT2D eigenvalue weighted by Gasteiger charge is -2.18. The zero-order valence-corrected chi connectivity index (χ0v) is 11.8. The number of hydrogen-bond acceptors (Lipinski definition) is 1. The molecule has 0 aliphatic heterocycles. The highest BCUT2D eigenvalue weighted by molar-refractivity contribution is 5.39. The van der Waals surface area contributed by atoms with E-state index in [0.717, 1.165) is 29.7 Å². The van der Waals surface area contributed by atoms with Gasteiger partial charge in [-0.1, -0.05) is 38.5 Å². The zero-order valence-electron chi connectivity index (χ0n) is 11.8. The van der Waals surface area contributed by atoms with Crippen LogP contribution < -0.4 is 0 Å². The molecule has 0 spiro atoms. The van der Waals surface area contributed by atoms with Crippen molar-refractivity contribution in [2.24, 2.45) is 0 Å². The average molecular weight is 257 g/mol. The van der Waals surface area contributed by atoms with Crippen molar-refractivity contribution in [3.05, 3.63) is 64.7 Å². The van der Waals surface area contributed by atoms with Gasteiger partial charge in [-0.25, -0.2) is 4.39 Å². The van der Waals surface area contributed by atoms with E-state index in [0.29, 0.717) is 0 Å². The highest BCUT2D eigenvalue weighted by Gasteiger charge is 2.16. The van der Waals surface area contributed by atoms with Crippen molar-refractivity contribution in [1.29, 1.82) is 0 Å². The summed E-state index contributed by atoms with van der Waals surface area (Å²) in [6.07, 6.45) is 3.87. The maximum Gasteiger partial charge on any atom is 0.126 e. The summed E-state index contributed by atoms with van der Waals surface area (Å²) in [5, 5.41) is 0. The molecule has 1 aromatic carbocycles. The van der Waals surface area contributed by atoms with E-state index in [1.54, 1.807) is 6.07 Å². The SMILES string of the molecule is CCCc1ncccc1C(C)c1cccc(F)c1C. The summed E-state index contributed by atoms with van der Waals surface area (Å²) < 4.78 is 13.7. The fraction of sp³-hybridized carbons (Fsp3) is 0.353. The molecule has 1 unspecified atom stereocenters. The fourth-order valence-electron chi connectivity index (χ4n) is 2.55. The second-order valence-corrected chi connectivity index (χ2v) is 4.97. The molecule has 1 atom stereocenters. The molecule has 0 aliphatic rings. The van der Waals surface area contributed by atoms with Gasteiger partial charge in [-0.2, -0.15) is 0 Å². The van der Waals surface area contributed by atoms with Crippen LogP contribution in [0.4, 0.5) is 4.39 Å². The van der Waals surface area contributed by atoms with Gasteiger partial charge in [-0.3, -0.25) is 4.98 Å². The number of aryl methyl sites for hydroxylation is 1. The van der Waals surface area contributed by atoms with Gasteiger partial charge in [0.05, 0.1) is 0 Å². The van der Waals surface area contributed by atoms with Crippen molar-refractivity contribution in [3.63, 3.8) is 0 Å². The number of pyridine rings is 1. The predicted molar refractivity (Wildman–Crippen MR) is 76.9 cm³/mol. The Morgan fingerprint density at radius 1 is 1.16 bits per heavy atom. The van der Waals surface area contributed by atoms with Crippen LogP contribution in [0.25, 0.3) is 0 Å². The number of halogens is 1. The first-order chi connectivity index (χ1) is 9.15. The molecule has 1 nitrogen and oxygen atoms in total. The molecular weight excluding hydrogens is 237 g/mol. The van der Waals surface area contributed by atoms with Gasteiger partial charge in [-0.15, -0.1) is 0 Å². The summed E-state index contributed by atoms with van der Waals surface area (Å²) in [7, 11) is 0. The molecule has 0 saturated heterocycles. The number of benzene rings is 1. The van der Waals surface area contributed by atoms with E-state index in [4.69, 9.17) is 0 Å². The third-order valence-electron chi connectivity index (χ3n) is 3.65. The Kier molecular flexibility index (Phi) is 4.31. The summed E-state index contributed by atoms with van der Waals surface area (Å²) in [5.74, 6) is 0.0382. The lowest BCUT2D eigenvalue weighted by atomic mass is 9.88. The Morgan fingerprint density at radius 3 is 2.63 bits per heavy atom.